The van der Waals surface area contributed by atoms with Gasteiger partial charge in [0.2, 0.25) is 5.91 Å². The van der Waals surface area contributed by atoms with Crippen molar-refractivity contribution in [3.8, 4) is 0 Å². The maximum absolute atomic E-state index is 12.9. The predicted octanol–water partition coefficient (Wildman–Crippen LogP) is 4.41. The van der Waals surface area contributed by atoms with Gasteiger partial charge < -0.3 is 15.5 Å². The van der Waals surface area contributed by atoms with E-state index in [2.05, 4.69) is 43.4 Å². The van der Waals surface area contributed by atoms with Crippen LogP contribution in [0.3, 0.4) is 0 Å². The topological polar surface area (TPSA) is 79.3 Å². The molecule has 2 N–H and O–H groups in total. The summed E-state index contributed by atoms with van der Waals surface area (Å²) in [5.41, 5.74) is 2.66. The summed E-state index contributed by atoms with van der Waals surface area (Å²) >= 11 is 0. The van der Waals surface area contributed by atoms with Crippen molar-refractivity contribution >= 4 is 23.4 Å². The van der Waals surface area contributed by atoms with E-state index in [-0.39, 0.29) is 29.8 Å². The molecular weight excluding hydrogens is 378 g/mol. The Morgan fingerprint density at radius 3 is 2.43 bits per heavy atom. The van der Waals surface area contributed by atoms with E-state index < -0.39 is 0 Å². The quantitative estimate of drug-likeness (QED) is 0.706. The Morgan fingerprint density at radius 2 is 1.87 bits per heavy atom. The molecule has 0 saturated heterocycles. The van der Waals surface area contributed by atoms with Gasteiger partial charge in [-0.25, -0.2) is 4.79 Å². The summed E-state index contributed by atoms with van der Waals surface area (Å²) < 4.78 is 1.65. The maximum atomic E-state index is 12.9. The predicted molar refractivity (Wildman–Crippen MR) is 122 cm³/mol. The van der Waals surface area contributed by atoms with Gasteiger partial charge in [-0.3, -0.25) is 9.48 Å². The number of aromatic nitrogens is 2. The van der Waals surface area contributed by atoms with E-state index in [1.54, 1.807) is 16.6 Å². The third kappa shape index (κ3) is 6.61. The number of hydrogen-bond acceptors (Lipinski definition) is 3. The molecule has 0 aliphatic carbocycles. The van der Waals surface area contributed by atoms with Crippen LogP contribution in [0.5, 0.6) is 0 Å². The molecule has 7 nitrogen and oxygen atoms in total. The number of aryl methyl sites for hydroxylation is 2. The van der Waals surface area contributed by atoms with Crippen LogP contribution >= 0.6 is 0 Å². The average molecular weight is 414 g/mol. The minimum atomic E-state index is -0.285. The second-order valence-electron chi connectivity index (χ2n) is 9.10. The SMILES string of the molecule is CCc1cccc(NC(=O)N(CC(=O)Nc2cc(C(C)(C)C)nn2C)CC(C)C)c1. The van der Waals surface area contributed by atoms with Gasteiger partial charge in [-0.15, -0.1) is 0 Å². The van der Waals surface area contributed by atoms with Gasteiger partial charge in [0.15, 0.2) is 0 Å². The molecule has 0 saturated carbocycles. The van der Waals surface area contributed by atoms with Crippen molar-refractivity contribution in [3.63, 3.8) is 0 Å². The fourth-order valence-corrected chi connectivity index (χ4v) is 3.04. The van der Waals surface area contributed by atoms with Crippen LogP contribution in [0.4, 0.5) is 16.3 Å². The lowest BCUT2D eigenvalue weighted by Crippen LogP contribution is -2.42. The number of anilines is 2. The van der Waals surface area contributed by atoms with Crippen LogP contribution in [0.2, 0.25) is 0 Å². The van der Waals surface area contributed by atoms with Crippen molar-refractivity contribution in [3.05, 3.63) is 41.6 Å². The van der Waals surface area contributed by atoms with Crippen molar-refractivity contribution in [2.75, 3.05) is 23.7 Å². The van der Waals surface area contributed by atoms with Gasteiger partial charge in [-0.2, -0.15) is 5.10 Å². The van der Waals surface area contributed by atoms with E-state index in [1.165, 1.54) is 0 Å². The van der Waals surface area contributed by atoms with Gasteiger partial charge in [0, 0.05) is 30.8 Å². The zero-order valence-electron chi connectivity index (χ0n) is 19.2. The minimum absolute atomic E-state index is 0.0342. The summed E-state index contributed by atoms with van der Waals surface area (Å²) in [6, 6.07) is 9.34. The third-order valence-electron chi connectivity index (χ3n) is 4.71. The molecule has 0 unspecified atom stereocenters. The standard InChI is InChI=1S/C23H35N5O2/c1-8-17-10-9-11-18(12-17)24-22(30)28(14-16(2)3)15-21(29)25-20-13-19(23(4,5)6)26-27(20)7/h9-13,16H,8,14-15H2,1-7H3,(H,24,30)(H,25,29). The number of rotatable bonds is 7. The summed E-state index contributed by atoms with van der Waals surface area (Å²) in [5, 5.41) is 10.3. The molecule has 0 radical (unpaired) electrons. The molecule has 7 heteroatoms. The van der Waals surface area contributed by atoms with Crippen LogP contribution in [-0.2, 0) is 23.7 Å². The van der Waals surface area contributed by atoms with Crippen LogP contribution in [0.1, 0.15) is 52.8 Å². The highest BCUT2D eigenvalue weighted by molar-refractivity contribution is 5.96. The van der Waals surface area contributed by atoms with Crippen LogP contribution in [0.15, 0.2) is 30.3 Å². The zero-order valence-corrected chi connectivity index (χ0v) is 19.2. The highest BCUT2D eigenvalue weighted by Crippen LogP contribution is 2.23. The molecule has 1 aromatic heterocycles. The molecule has 30 heavy (non-hydrogen) atoms. The van der Waals surface area contributed by atoms with Crippen molar-refractivity contribution < 1.29 is 9.59 Å². The van der Waals surface area contributed by atoms with Crippen molar-refractivity contribution in [2.45, 2.75) is 53.4 Å². The Bertz CT molecular complexity index is 880. The molecule has 2 aromatic rings. The fourth-order valence-electron chi connectivity index (χ4n) is 3.04. The lowest BCUT2D eigenvalue weighted by molar-refractivity contribution is -0.116. The lowest BCUT2D eigenvalue weighted by Gasteiger charge is -2.24. The molecule has 0 bridgehead atoms. The highest BCUT2D eigenvalue weighted by Gasteiger charge is 2.22. The largest absolute Gasteiger partial charge is 0.322 e. The smallest absolute Gasteiger partial charge is 0.315 e. The molecule has 0 aliphatic rings. The van der Waals surface area contributed by atoms with Gasteiger partial charge in [0.1, 0.15) is 12.4 Å². The first kappa shape index (κ1) is 23.4. The normalized spacial score (nSPS) is 11.5. The van der Waals surface area contributed by atoms with E-state index in [1.807, 2.05) is 44.2 Å². The Kier molecular flexibility index (Phi) is 7.65. The van der Waals surface area contributed by atoms with Crippen LogP contribution in [0.25, 0.3) is 0 Å². The monoisotopic (exact) mass is 413 g/mol. The molecular formula is C23H35N5O2. The van der Waals surface area contributed by atoms with Gasteiger partial charge >= 0.3 is 6.03 Å². The first-order chi connectivity index (χ1) is 14.0. The zero-order chi connectivity index (χ0) is 22.5. The highest BCUT2D eigenvalue weighted by atomic mass is 16.2. The Hall–Kier alpha value is -2.83. The van der Waals surface area contributed by atoms with Gasteiger partial charge in [0.05, 0.1) is 5.69 Å². The van der Waals surface area contributed by atoms with E-state index in [0.29, 0.717) is 12.4 Å². The van der Waals surface area contributed by atoms with Gasteiger partial charge in [-0.1, -0.05) is 53.7 Å². The molecule has 1 heterocycles. The lowest BCUT2D eigenvalue weighted by atomic mass is 9.92. The Balaban J connectivity index is 2.09. The molecule has 0 spiro atoms. The van der Waals surface area contributed by atoms with Crippen molar-refractivity contribution in [1.29, 1.82) is 0 Å². The Labute approximate surface area is 179 Å². The number of benzene rings is 1. The summed E-state index contributed by atoms with van der Waals surface area (Å²) in [4.78, 5) is 27.1. The first-order valence-corrected chi connectivity index (χ1v) is 10.5. The van der Waals surface area contributed by atoms with Crippen LogP contribution < -0.4 is 10.6 Å². The molecule has 164 valence electrons. The van der Waals surface area contributed by atoms with Crippen LogP contribution in [-0.4, -0.2) is 39.7 Å². The number of urea groups is 1. The molecule has 0 aliphatic heterocycles. The average Bonchev–Trinajstić information content (AvgIpc) is 3.01. The molecule has 2 rings (SSSR count). The maximum Gasteiger partial charge on any atom is 0.322 e. The minimum Gasteiger partial charge on any atom is -0.315 e. The Morgan fingerprint density at radius 1 is 1.17 bits per heavy atom. The summed E-state index contributed by atoms with van der Waals surface area (Å²) in [7, 11) is 1.80. The van der Waals surface area contributed by atoms with Gasteiger partial charge in [0.25, 0.3) is 0 Å². The van der Waals surface area contributed by atoms with Crippen molar-refractivity contribution in [2.24, 2.45) is 13.0 Å². The van der Waals surface area contributed by atoms with Crippen molar-refractivity contribution in [1.82, 2.24) is 14.7 Å². The first-order valence-electron chi connectivity index (χ1n) is 10.5. The number of nitrogens with one attached hydrogen (secondary N) is 2. The number of carbonyl (C=O) groups excluding carboxylic acids is 2. The molecule has 1 aromatic carbocycles. The summed E-state index contributed by atoms with van der Waals surface area (Å²) in [5.74, 6) is 0.594. The van der Waals surface area contributed by atoms with E-state index in [4.69, 9.17) is 0 Å². The second-order valence-corrected chi connectivity index (χ2v) is 9.10. The molecule has 0 atom stereocenters. The van der Waals surface area contributed by atoms with E-state index in [0.717, 1.165) is 23.4 Å². The van der Waals surface area contributed by atoms with Gasteiger partial charge in [-0.05, 0) is 30.0 Å². The van der Waals surface area contributed by atoms with E-state index in [9.17, 15) is 9.59 Å². The second kappa shape index (κ2) is 9.78. The number of amides is 3. The number of carbonyl (C=O) groups is 2. The number of hydrogen-bond donors (Lipinski definition) is 2. The molecule has 3 amide bonds. The van der Waals surface area contributed by atoms with Crippen LogP contribution in [0, 0.1) is 5.92 Å². The van der Waals surface area contributed by atoms with E-state index >= 15 is 0 Å². The third-order valence-corrected chi connectivity index (χ3v) is 4.71. The molecule has 0 fully saturated rings. The summed E-state index contributed by atoms with van der Waals surface area (Å²) in [6.07, 6.45) is 0.892. The summed E-state index contributed by atoms with van der Waals surface area (Å²) in [6.45, 7) is 12.8. The number of nitrogens with zero attached hydrogens (tertiary/aromatic N) is 3. The fraction of sp³-hybridized carbons (Fsp3) is 0.522.